The van der Waals surface area contributed by atoms with Crippen LogP contribution in [0.15, 0.2) is 18.2 Å². The Bertz CT molecular complexity index is 386. The number of carboxylic acids is 1. The summed E-state index contributed by atoms with van der Waals surface area (Å²) >= 11 is 0. The lowest BCUT2D eigenvalue weighted by molar-refractivity contribution is -0.139. The maximum absolute atomic E-state index is 10.8. The van der Waals surface area contributed by atoms with Crippen LogP contribution in [0, 0.1) is 0 Å². The van der Waals surface area contributed by atoms with Gasteiger partial charge in [-0.15, -0.1) is 0 Å². The zero-order valence-electron chi connectivity index (χ0n) is 8.14. The molecule has 1 aliphatic rings. The van der Waals surface area contributed by atoms with E-state index in [0.717, 1.165) is 17.7 Å². The number of ether oxygens (including phenoxy) is 1. The van der Waals surface area contributed by atoms with Crippen LogP contribution < -0.4 is 4.74 Å². The third kappa shape index (κ3) is 1.80. The first-order valence-corrected chi connectivity index (χ1v) is 4.81. The molecule has 0 spiro atoms. The SMILES string of the molecule is O=C(O)C(CO)c1ccc2c(c1)CCO2. The van der Waals surface area contributed by atoms with Gasteiger partial charge >= 0.3 is 5.97 Å². The number of rotatable bonds is 3. The van der Waals surface area contributed by atoms with Gasteiger partial charge in [0.1, 0.15) is 11.7 Å². The van der Waals surface area contributed by atoms with Gasteiger partial charge in [-0.05, 0) is 17.2 Å². The lowest BCUT2D eigenvalue weighted by Gasteiger charge is -2.10. The summed E-state index contributed by atoms with van der Waals surface area (Å²) in [4.78, 5) is 10.8. The van der Waals surface area contributed by atoms with Gasteiger partial charge < -0.3 is 14.9 Å². The molecule has 1 atom stereocenters. The molecule has 2 rings (SSSR count). The average molecular weight is 208 g/mol. The number of carbonyl (C=O) groups is 1. The summed E-state index contributed by atoms with van der Waals surface area (Å²) < 4.78 is 5.32. The second-order valence-corrected chi connectivity index (χ2v) is 3.54. The van der Waals surface area contributed by atoms with E-state index in [1.165, 1.54) is 0 Å². The second kappa shape index (κ2) is 3.90. The molecule has 1 aromatic carbocycles. The summed E-state index contributed by atoms with van der Waals surface area (Å²) in [5, 5.41) is 17.9. The standard InChI is InChI=1S/C11H12O4/c12-6-9(11(13)14)7-1-2-10-8(5-7)3-4-15-10/h1-2,5,9,12H,3-4,6H2,(H,13,14). The van der Waals surface area contributed by atoms with E-state index in [4.69, 9.17) is 14.9 Å². The largest absolute Gasteiger partial charge is 0.493 e. The van der Waals surface area contributed by atoms with Gasteiger partial charge in [-0.1, -0.05) is 12.1 Å². The molecule has 0 aliphatic carbocycles. The van der Waals surface area contributed by atoms with Crippen molar-refractivity contribution in [1.82, 2.24) is 0 Å². The fourth-order valence-corrected chi connectivity index (χ4v) is 1.75. The summed E-state index contributed by atoms with van der Waals surface area (Å²) in [6, 6.07) is 5.26. The molecule has 0 saturated heterocycles. The van der Waals surface area contributed by atoms with Crippen LogP contribution in [0.1, 0.15) is 17.0 Å². The monoisotopic (exact) mass is 208 g/mol. The molecular formula is C11H12O4. The molecule has 1 heterocycles. The van der Waals surface area contributed by atoms with Crippen molar-refractivity contribution in [2.75, 3.05) is 13.2 Å². The molecule has 0 aromatic heterocycles. The smallest absolute Gasteiger partial charge is 0.313 e. The van der Waals surface area contributed by atoms with E-state index < -0.39 is 11.9 Å². The van der Waals surface area contributed by atoms with E-state index in [2.05, 4.69) is 0 Å². The molecule has 0 fully saturated rings. The number of hydrogen-bond acceptors (Lipinski definition) is 3. The van der Waals surface area contributed by atoms with Gasteiger partial charge in [-0.2, -0.15) is 0 Å². The van der Waals surface area contributed by atoms with E-state index >= 15 is 0 Å². The molecule has 0 radical (unpaired) electrons. The van der Waals surface area contributed by atoms with Crippen LogP contribution in [0.5, 0.6) is 5.75 Å². The van der Waals surface area contributed by atoms with E-state index in [-0.39, 0.29) is 6.61 Å². The minimum Gasteiger partial charge on any atom is -0.493 e. The van der Waals surface area contributed by atoms with Crippen molar-refractivity contribution in [2.24, 2.45) is 0 Å². The fraction of sp³-hybridized carbons (Fsp3) is 0.364. The molecule has 80 valence electrons. The molecule has 1 aliphatic heterocycles. The van der Waals surface area contributed by atoms with Crippen molar-refractivity contribution >= 4 is 5.97 Å². The molecule has 2 N–H and O–H groups in total. The van der Waals surface area contributed by atoms with Gasteiger partial charge in [0.05, 0.1) is 13.2 Å². The molecule has 15 heavy (non-hydrogen) atoms. The van der Waals surface area contributed by atoms with Crippen LogP contribution in [-0.4, -0.2) is 29.4 Å². The maximum atomic E-state index is 10.8. The number of benzene rings is 1. The number of aliphatic carboxylic acids is 1. The fourth-order valence-electron chi connectivity index (χ4n) is 1.75. The van der Waals surface area contributed by atoms with Gasteiger partial charge in [-0.25, -0.2) is 0 Å². The Morgan fingerprint density at radius 1 is 1.53 bits per heavy atom. The predicted octanol–water partition coefficient (Wildman–Crippen LogP) is 0.782. The quantitative estimate of drug-likeness (QED) is 0.770. The first-order chi connectivity index (χ1) is 7.22. The second-order valence-electron chi connectivity index (χ2n) is 3.54. The summed E-state index contributed by atoms with van der Waals surface area (Å²) in [5.74, 6) is -1.02. The Morgan fingerprint density at radius 3 is 3.00 bits per heavy atom. The normalized spacial score (nSPS) is 15.5. The van der Waals surface area contributed by atoms with Crippen LogP contribution >= 0.6 is 0 Å². The van der Waals surface area contributed by atoms with E-state index in [9.17, 15) is 4.79 Å². The van der Waals surface area contributed by atoms with Gasteiger partial charge in [0.15, 0.2) is 0 Å². The van der Waals surface area contributed by atoms with Crippen LogP contribution in [-0.2, 0) is 11.2 Å². The van der Waals surface area contributed by atoms with Crippen molar-refractivity contribution in [3.63, 3.8) is 0 Å². The number of carboxylic acid groups (broad SMARTS) is 1. The highest BCUT2D eigenvalue weighted by molar-refractivity contribution is 5.76. The molecule has 0 bridgehead atoms. The van der Waals surface area contributed by atoms with Gasteiger partial charge in [-0.3, -0.25) is 4.79 Å². The Balaban J connectivity index is 2.32. The lowest BCUT2D eigenvalue weighted by atomic mass is 9.97. The van der Waals surface area contributed by atoms with Gasteiger partial charge in [0, 0.05) is 6.42 Å². The molecular weight excluding hydrogens is 196 g/mol. The molecule has 1 aromatic rings. The topological polar surface area (TPSA) is 66.8 Å². The number of aliphatic hydroxyl groups is 1. The third-order valence-electron chi connectivity index (χ3n) is 2.60. The first kappa shape index (κ1) is 9.98. The summed E-state index contributed by atoms with van der Waals surface area (Å²) in [6.07, 6.45) is 0.806. The van der Waals surface area contributed by atoms with E-state index in [1.807, 2.05) is 0 Å². The zero-order chi connectivity index (χ0) is 10.8. The van der Waals surface area contributed by atoms with Crippen molar-refractivity contribution in [3.05, 3.63) is 29.3 Å². The third-order valence-corrected chi connectivity index (χ3v) is 2.60. The highest BCUT2D eigenvalue weighted by atomic mass is 16.5. The van der Waals surface area contributed by atoms with Crippen LogP contribution in [0.25, 0.3) is 0 Å². The van der Waals surface area contributed by atoms with Gasteiger partial charge in [0.2, 0.25) is 0 Å². The molecule has 4 heteroatoms. The van der Waals surface area contributed by atoms with Gasteiger partial charge in [0.25, 0.3) is 0 Å². The lowest BCUT2D eigenvalue weighted by Crippen LogP contribution is -2.15. The number of aliphatic hydroxyl groups excluding tert-OH is 1. The maximum Gasteiger partial charge on any atom is 0.313 e. The van der Waals surface area contributed by atoms with E-state index in [1.54, 1.807) is 18.2 Å². The summed E-state index contributed by atoms with van der Waals surface area (Å²) in [5.41, 5.74) is 1.65. The molecule has 4 nitrogen and oxygen atoms in total. The highest BCUT2D eigenvalue weighted by Crippen LogP contribution is 2.28. The van der Waals surface area contributed by atoms with Crippen LogP contribution in [0.3, 0.4) is 0 Å². The van der Waals surface area contributed by atoms with Crippen molar-refractivity contribution in [1.29, 1.82) is 0 Å². The highest BCUT2D eigenvalue weighted by Gasteiger charge is 2.21. The minimum absolute atomic E-state index is 0.380. The molecule has 0 saturated carbocycles. The van der Waals surface area contributed by atoms with Crippen LogP contribution in [0.2, 0.25) is 0 Å². The van der Waals surface area contributed by atoms with Crippen molar-refractivity contribution in [3.8, 4) is 5.75 Å². The molecule has 0 amide bonds. The van der Waals surface area contributed by atoms with Crippen molar-refractivity contribution in [2.45, 2.75) is 12.3 Å². The first-order valence-electron chi connectivity index (χ1n) is 4.81. The Kier molecular flexibility index (Phi) is 2.60. The Morgan fingerprint density at radius 2 is 2.33 bits per heavy atom. The minimum atomic E-state index is -1.00. The Hall–Kier alpha value is -1.55. The average Bonchev–Trinajstić information content (AvgIpc) is 2.65. The summed E-state index contributed by atoms with van der Waals surface area (Å²) in [7, 11) is 0. The zero-order valence-corrected chi connectivity index (χ0v) is 8.14. The van der Waals surface area contributed by atoms with Crippen LogP contribution in [0.4, 0.5) is 0 Å². The number of hydrogen-bond donors (Lipinski definition) is 2. The summed E-state index contributed by atoms with van der Waals surface area (Å²) in [6.45, 7) is 0.268. The Labute approximate surface area is 87.1 Å². The molecule has 1 unspecified atom stereocenters. The van der Waals surface area contributed by atoms with Crippen molar-refractivity contribution < 1.29 is 19.7 Å². The predicted molar refractivity (Wildman–Crippen MR) is 53.1 cm³/mol. The van der Waals surface area contributed by atoms with E-state index in [0.29, 0.717) is 12.2 Å². The number of fused-ring (bicyclic) bond motifs is 1.